The maximum Gasteiger partial charge on any atom is 0.140 e. The smallest absolute Gasteiger partial charge is 0.140 e. The number of rotatable bonds is 1. The lowest BCUT2D eigenvalue weighted by atomic mass is 9.88. The predicted molar refractivity (Wildman–Crippen MR) is 41.2 cm³/mol. The topological polar surface area (TPSA) is 26.0 Å². The minimum atomic E-state index is 0.627. The molecule has 1 fully saturated rings. The van der Waals surface area contributed by atoms with Crippen molar-refractivity contribution in [2.24, 2.45) is 0 Å². The third kappa shape index (κ3) is 1.44. The highest BCUT2D eigenvalue weighted by Crippen LogP contribution is 2.31. The van der Waals surface area contributed by atoms with Gasteiger partial charge in [-0.05, 0) is 12.8 Å². The fourth-order valence-corrected chi connectivity index (χ4v) is 1.77. The molecule has 0 aromatic carbocycles. The quantitative estimate of drug-likeness (QED) is 0.614. The van der Waals surface area contributed by atoms with Crippen molar-refractivity contribution in [1.29, 1.82) is 0 Å². The van der Waals surface area contributed by atoms with Crippen molar-refractivity contribution in [1.82, 2.24) is 5.16 Å². The van der Waals surface area contributed by atoms with E-state index in [1.807, 2.05) is 6.07 Å². The Hall–Kier alpha value is -0.790. The van der Waals surface area contributed by atoms with E-state index in [0.29, 0.717) is 5.92 Å². The monoisotopic (exact) mass is 150 g/mol. The average Bonchev–Trinajstić information content (AvgIpc) is 2.58. The first-order valence-electron chi connectivity index (χ1n) is 4.29. The fourth-order valence-electron chi connectivity index (χ4n) is 1.77. The molecule has 59 valence electrons. The van der Waals surface area contributed by atoms with Crippen LogP contribution in [-0.4, -0.2) is 5.16 Å². The van der Waals surface area contributed by atoms with Gasteiger partial charge >= 0.3 is 0 Å². The van der Waals surface area contributed by atoms with Crippen molar-refractivity contribution in [2.45, 2.75) is 38.0 Å². The Morgan fingerprint density at radius 1 is 1.36 bits per heavy atom. The summed E-state index contributed by atoms with van der Waals surface area (Å²) < 4.78 is 5.07. The molecule has 0 atom stereocenters. The first kappa shape index (κ1) is 6.89. The van der Waals surface area contributed by atoms with Crippen molar-refractivity contribution in [2.75, 3.05) is 0 Å². The zero-order chi connectivity index (χ0) is 7.52. The largest absolute Gasteiger partial charge is 0.360 e. The molecule has 1 aliphatic rings. The maximum absolute atomic E-state index is 5.07. The van der Waals surface area contributed by atoms with Gasteiger partial charge in [0.15, 0.2) is 0 Å². The molecule has 0 aliphatic heterocycles. The van der Waals surface area contributed by atoms with Crippen LogP contribution < -0.4 is 0 Å². The Morgan fingerprint density at radius 3 is 2.82 bits per heavy atom. The van der Waals surface area contributed by atoms with E-state index in [2.05, 4.69) is 11.4 Å². The Kier molecular flexibility index (Phi) is 1.93. The lowest BCUT2D eigenvalue weighted by Crippen LogP contribution is -2.02. The van der Waals surface area contributed by atoms with Gasteiger partial charge in [-0.3, -0.25) is 0 Å². The van der Waals surface area contributed by atoms with Crippen molar-refractivity contribution in [3.63, 3.8) is 0 Å². The summed E-state index contributed by atoms with van der Waals surface area (Å²) in [6.07, 6.45) is 9.30. The highest BCUT2D eigenvalue weighted by Gasteiger charge is 2.17. The summed E-state index contributed by atoms with van der Waals surface area (Å²) in [5, 5.41) is 3.60. The summed E-state index contributed by atoms with van der Waals surface area (Å²) in [6.45, 7) is 0. The molecule has 1 aliphatic carbocycles. The van der Waals surface area contributed by atoms with Crippen LogP contribution in [0.5, 0.6) is 0 Å². The van der Waals surface area contributed by atoms with Crippen LogP contribution in [0.25, 0.3) is 0 Å². The lowest BCUT2D eigenvalue weighted by Gasteiger charge is -2.18. The molecule has 2 nitrogen and oxygen atoms in total. The molecule has 0 spiro atoms. The van der Waals surface area contributed by atoms with Gasteiger partial charge in [0.25, 0.3) is 0 Å². The zero-order valence-corrected chi connectivity index (χ0v) is 6.55. The number of nitrogens with zero attached hydrogens (tertiary/aromatic N) is 1. The Morgan fingerprint density at radius 2 is 2.18 bits per heavy atom. The van der Waals surface area contributed by atoms with E-state index in [1.54, 1.807) is 0 Å². The standard InChI is InChI=1S/C9H12NO/c1-2-4-8(5-3-1)9-6-7-10-11-9/h6,8H,1-5H2. The molecule has 0 unspecified atom stereocenters. The van der Waals surface area contributed by atoms with Gasteiger partial charge in [-0.25, -0.2) is 0 Å². The third-order valence-corrected chi connectivity index (χ3v) is 2.42. The summed E-state index contributed by atoms with van der Waals surface area (Å²) in [4.78, 5) is 0. The molecular formula is C9H12NO. The van der Waals surface area contributed by atoms with Crippen LogP contribution in [0.15, 0.2) is 10.6 Å². The molecule has 1 aromatic heterocycles. The highest BCUT2D eigenvalue weighted by atomic mass is 16.5. The van der Waals surface area contributed by atoms with E-state index >= 15 is 0 Å². The van der Waals surface area contributed by atoms with Gasteiger partial charge in [-0.1, -0.05) is 24.4 Å². The Labute approximate surface area is 66.6 Å². The van der Waals surface area contributed by atoms with E-state index in [-0.39, 0.29) is 0 Å². The summed E-state index contributed by atoms with van der Waals surface area (Å²) in [7, 11) is 0. The second kappa shape index (κ2) is 3.07. The van der Waals surface area contributed by atoms with Gasteiger partial charge in [0.05, 0.1) is 0 Å². The lowest BCUT2D eigenvalue weighted by molar-refractivity contribution is 0.321. The van der Waals surface area contributed by atoms with Gasteiger partial charge in [-0.15, -0.1) is 0 Å². The van der Waals surface area contributed by atoms with Crippen LogP contribution in [0.4, 0.5) is 0 Å². The van der Waals surface area contributed by atoms with Crippen molar-refractivity contribution in [3.8, 4) is 0 Å². The molecule has 2 rings (SSSR count). The SMILES string of the molecule is [c]1cc(C2CCCCC2)on1. The summed E-state index contributed by atoms with van der Waals surface area (Å²) in [6, 6.07) is 1.87. The molecule has 0 amide bonds. The second-order valence-corrected chi connectivity index (χ2v) is 3.19. The van der Waals surface area contributed by atoms with Crippen LogP contribution >= 0.6 is 0 Å². The van der Waals surface area contributed by atoms with Crippen LogP contribution in [0.1, 0.15) is 43.8 Å². The molecular weight excluding hydrogens is 138 g/mol. The van der Waals surface area contributed by atoms with Crippen LogP contribution in [-0.2, 0) is 0 Å². The zero-order valence-electron chi connectivity index (χ0n) is 6.55. The van der Waals surface area contributed by atoms with Crippen molar-refractivity contribution in [3.05, 3.63) is 18.0 Å². The Bertz CT molecular complexity index is 199. The first-order chi connectivity index (χ1) is 5.47. The third-order valence-electron chi connectivity index (χ3n) is 2.42. The minimum absolute atomic E-state index is 0.627. The molecule has 0 bridgehead atoms. The Balaban J connectivity index is 2.04. The number of hydrogen-bond acceptors (Lipinski definition) is 2. The highest BCUT2D eigenvalue weighted by molar-refractivity contribution is 5.01. The van der Waals surface area contributed by atoms with Crippen molar-refractivity contribution >= 4 is 0 Å². The molecule has 1 heterocycles. The van der Waals surface area contributed by atoms with E-state index in [9.17, 15) is 0 Å². The summed E-state index contributed by atoms with van der Waals surface area (Å²) in [5.41, 5.74) is 0. The average molecular weight is 150 g/mol. The predicted octanol–water partition coefficient (Wildman–Crippen LogP) is 2.52. The molecule has 1 aromatic rings. The molecule has 2 heteroatoms. The fraction of sp³-hybridized carbons (Fsp3) is 0.667. The molecule has 1 saturated carbocycles. The van der Waals surface area contributed by atoms with E-state index < -0.39 is 0 Å². The van der Waals surface area contributed by atoms with Gasteiger partial charge in [0, 0.05) is 12.0 Å². The normalized spacial score (nSPS) is 20.4. The summed E-state index contributed by atoms with van der Waals surface area (Å²) in [5.74, 6) is 1.66. The van der Waals surface area contributed by atoms with Crippen LogP contribution in [0.2, 0.25) is 0 Å². The molecule has 0 saturated heterocycles. The van der Waals surface area contributed by atoms with E-state index in [0.717, 1.165) is 5.76 Å². The van der Waals surface area contributed by atoms with Gasteiger partial charge < -0.3 is 4.52 Å². The van der Waals surface area contributed by atoms with E-state index in [1.165, 1.54) is 32.1 Å². The number of hydrogen-bond donors (Lipinski definition) is 0. The van der Waals surface area contributed by atoms with Gasteiger partial charge in [0.1, 0.15) is 12.0 Å². The van der Waals surface area contributed by atoms with Crippen molar-refractivity contribution < 1.29 is 4.52 Å². The van der Waals surface area contributed by atoms with E-state index in [4.69, 9.17) is 4.52 Å². The van der Waals surface area contributed by atoms with Gasteiger partial charge in [0.2, 0.25) is 0 Å². The molecule has 0 N–H and O–H groups in total. The molecule has 11 heavy (non-hydrogen) atoms. The molecule has 1 radical (unpaired) electrons. The minimum Gasteiger partial charge on any atom is -0.360 e. The van der Waals surface area contributed by atoms with Gasteiger partial charge in [-0.2, -0.15) is 0 Å². The maximum atomic E-state index is 5.07. The first-order valence-corrected chi connectivity index (χ1v) is 4.29. The van der Waals surface area contributed by atoms with Crippen LogP contribution in [0, 0.1) is 6.20 Å². The summed E-state index contributed by atoms with van der Waals surface area (Å²) >= 11 is 0. The van der Waals surface area contributed by atoms with Crippen LogP contribution in [0.3, 0.4) is 0 Å². The second-order valence-electron chi connectivity index (χ2n) is 3.19. The number of aromatic nitrogens is 1.